The van der Waals surface area contributed by atoms with Gasteiger partial charge in [-0.1, -0.05) is 17.3 Å². The second-order valence-corrected chi connectivity index (χ2v) is 8.18. The van der Waals surface area contributed by atoms with Crippen molar-refractivity contribution in [1.82, 2.24) is 19.8 Å². The molecule has 1 saturated heterocycles. The van der Waals surface area contributed by atoms with Gasteiger partial charge in [-0.3, -0.25) is 14.5 Å². The Kier molecular flexibility index (Phi) is 4.60. The van der Waals surface area contributed by atoms with Crippen molar-refractivity contribution < 1.29 is 18.5 Å². The van der Waals surface area contributed by atoms with Gasteiger partial charge in [-0.2, -0.15) is 5.10 Å². The molecule has 31 heavy (non-hydrogen) atoms. The van der Waals surface area contributed by atoms with Crippen molar-refractivity contribution in [2.75, 3.05) is 18.0 Å². The average Bonchev–Trinajstić information content (AvgIpc) is 3.41. The second kappa shape index (κ2) is 7.33. The van der Waals surface area contributed by atoms with E-state index >= 15 is 0 Å². The molecule has 1 aromatic carbocycles. The fraction of sp³-hybridized carbons (Fsp3) is 0.364. The highest BCUT2D eigenvalue weighted by Gasteiger charge is 2.46. The summed E-state index contributed by atoms with van der Waals surface area (Å²) in [5, 5.41) is 8.52. The molecule has 0 saturated carbocycles. The largest absolute Gasteiger partial charge is 0.361 e. The maximum absolute atomic E-state index is 14.0. The van der Waals surface area contributed by atoms with Crippen LogP contribution in [-0.2, 0) is 16.9 Å². The molecular weight excluding hydrogens is 401 g/mol. The van der Waals surface area contributed by atoms with E-state index in [0.717, 1.165) is 0 Å². The zero-order chi connectivity index (χ0) is 21.6. The predicted molar refractivity (Wildman–Crippen MR) is 109 cm³/mol. The number of carbonyl (C=O) groups excluding carboxylic acids is 2. The molecule has 0 radical (unpaired) electrons. The van der Waals surface area contributed by atoms with Crippen molar-refractivity contribution in [2.24, 2.45) is 0 Å². The van der Waals surface area contributed by atoms with Crippen LogP contribution in [0.1, 0.15) is 41.1 Å². The molecule has 5 rings (SSSR count). The van der Waals surface area contributed by atoms with Gasteiger partial charge in [0, 0.05) is 25.2 Å². The molecule has 0 aliphatic carbocycles. The highest BCUT2D eigenvalue weighted by atomic mass is 19.1. The van der Waals surface area contributed by atoms with Gasteiger partial charge < -0.3 is 9.42 Å². The van der Waals surface area contributed by atoms with E-state index in [1.54, 1.807) is 28.1 Å². The molecular formula is C22H22FN5O3. The lowest BCUT2D eigenvalue weighted by Crippen LogP contribution is -2.54. The van der Waals surface area contributed by atoms with Gasteiger partial charge in [0.05, 0.1) is 30.3 Å². The summed E-state index contributed by atoms with van der Waals surface area (Å²) in [7, 11) is 0. The van der Waals surface area contributed by atoms with Crippen LogP contribution in [0.3, 0.4) is 0 Å². The lowest BCUT2D eigenvalue weighted by atomic mass is 9.82. The molecule has 0 N–H and O–H groups in total. The van der Waals surface area contributed by atoms with Crippen molar-refractivity contribution in [3.8, 4) is 0 Å². The standard InChI is InChI=1S/C22H22FN5O3/c1-15-12-16(25-31-15)14-27-19-6-9-24-28(19)22(13-20(27)29)7-10-26(11-8-22)21(30)17-4-2-3-5-18(17)23/h2-6,9,12H,7-8,10-11,13-14H2,1H3. The Balaban J connectivity index is 1.36. The number of nitrogens with zero attached hydrogens (tertiary/aromatic N) is 5. The molecule has 3 aromatic rings. The number of rotatable bonds is 3. The van der Waals surface area contributed by atoms with Crippen LogP contribution >= 0.6 is 0 Å². The number of benzene rings is 1. The number of carbonyl (C=O) groups is 2. The number of aromatic nitrogens is 3. The maximum Gasteiger partial charge on any atom is 0.256 e. The average molecular weight is 423 g/mol. The first-order valence-electron chi connectivity index (χ1n) is 10.3. The zero-order valence-electron chi connectivity index (χ0n) is 17.1. The van der Waals surface area contributed by atoms with Gasteiger partial charge in [0.1, 0.15) is 23.1 Å². The topological polar surface area (TPSA) is 84.5 Å². The molecule has 1 fully saturated rings. The van der Waals surface area contributed by atoms with Gasteiger partial charge in [-0.15, -0.1) is 0 Å². The van der Waals surface area contributed by atoms with Gasteiger partial charge in [0.15, 0.2) is 0 Å². The summed E-state index contributed by atoms with van der Waals surface area (Å²) in [6.45, 7) is 2.99. The molecule has 2 aliphatic heterocycles. The van der Waals surface area contributed by atoms with E-state index in [2.05, 4.69) is 10.3 Å². The van der Waals surface area contributed by atoms with Crippen LogP contribution in [0.2, 0.25) is 0 Å². The van der Waals surface area contributed by atoms with Crippen molar-refractivity contribution in [3.05, 3.63) is 65.4 Å². The first-order chi connectivity index (χ1) is 15.0. The summed E-state index contributed by atoms with van der Waals surface area (Å²) < 4.78 is 21.1. The quantitative estimate of drug-likeness (QED) is 0.647. The van der Waals surface area contributed by atoms with Gasteiger partial charge >= 0.3 is 0 Å². The zero-order valence-corrected chi connectivity index (χ0v) is 17.1. The molecule has 2 amide bonds. The first kappa shape index (κ1) is 19.5. The van der Waals surface area contributed by atoms with Crippen LogP contribution in [0, 0.1) is 12.7 Å². The van der Waals surface area contributed by atoms with E-state index in [4.69, 9.17) is 4.52 Å². The monoisotopic (exact) mass is 423 g/mol. The van der Waals surface area contributed by atoms with E-state index in [0.29, 0.717) is 56.2 Å². The molecule has 160 valence electrons. The Labute approximate surface area is 178 Å². The smallest absolute Gasteiger partial charge is 0.256 e. The molecule has 8 nitrogen and oxygen atoms in total. The van der Waals surface area contributed by atoms with Crippen LogP contribution in [0.15, 0.2) is 47.1 Å². The Bertz CT molecular complexity index is 1150. The number of piperidine rings is 1. The molecule has 4 heterocycles. The maximum atomic E-state index is 14.0. The number of amides is 2. The van der Waals surface area contributed by atoms with Crippen LogP contribution in [0.5, 0.6) is 0 Å². The number of halogens is 1. The minimum atomic E-state index is -0.520. The molecule has 1 spiro atoms. The SMILES string of the molecule is Cc1cc(CN2C(=O)CC3(CCN(C(=O)c4ccccc4F)CC3)n3nccc32)no1. The fourth-order valence-corrected chi connectivity index (χ4v) is 4.59. The first-order valence-corrected chi connectivity index (χ1v) is 10.3. The minimum Gasteiger partial charge on any atom is -0.361 e. The van der Waals surface area contributed by atoms with E-state index in [1.807, 2.05) is 23.7 Å². The molecule has 2 aromatic heterocycles. The van der Waals surface area contributed by atoms with E-state index in [9.17, 15) is 14.0 Å². The normalized spacial score (nSPS) is 17.8. The lowest BCUT2D eigenvalue weighted by Gasteiger charge is -2.46. The highest BCUT2D eigenvalue weighted by molar-refractivity contribution is 5.95. The predicted octanol–water partition coefficient (Wildman–Crippen LogP) is 2.89. The summed E-state index contributed by atoms with van der Waals surface area (Å²) in [4.78, 5) is 29.2. The van der Waals surface area contributed by atoms with Crippen LogP contribution < -0.4 is 4.90 Å². The summed E-state index contributed by atoms with van der Waals surface area (Å²) >= 11 is 0. The Morgan fingerprint density at radius 3 is 2.71 bits per heavy atom. The molecule has 2 aliphatic rings. The number of aryl methyl sites for hydroxylation is 1. The van der Waals surface area contributed by atoms with E-state index in [-0.39, 0.29) is 17.4 Å². The lowest BCUT2D eigenvalue weighted by molar-refractivity contribution is -0.123. The van der Waals surface area contributed by atoms with Gasteiger partial charge in [0.25, 0.3) is 5.91 Å². The fourth-order valence-electron chi connectivity index (χ4n) is 4.59. The third-order valence-electron chi connectivity index (χ3n) is 6.21. The van der Waals surface area contributed by atoms with Crippen LogP contribution in [0.4, 0.5) is 10.2 Å². The molecule has 0 unspecified atom stereocenters. The van der Waals surface area contributed by atoms with Gasteiger partial charge in [-0.25, -0.2) is 9.07 Å². The van der Waals surface area contributed by atoms with Crippen LogP contribution in [0.25, 0.3) is 0 Å². The third-order valence-corrected chi connectivity index (χ3v) is 6.21. The highest BCUT2D eigenvalue weighted by Crippen LogP contribution is 2.41. The summed E-state index contributed by atoms with van der Waals surface area (Å²) in [6.07, 6.45) is 3.13. The third kappa shape index (κ3) is 3.30. The Hall–Kier alpha value is -3.49. The number of hydrogen-bond acceptors (Lipinski definition) is 5. The summed E-state index contributed by atoms with van der Waals surface area (Å²) in [5.41, 5.74) is 0.268. The number of hydrogen-bond donors (Lipinski definition) is 0. The number of fused-ring (bicyclic) bond motifs is 2. The summed E-state index contributed by atoms with van der Waals surface area (Å²) in [5.74, 6) is 0.553. The Morgan fingerprint density at radius 2 is 2.00 bits per heavy atom. The molecule has 0 atom stereocenters. The van der Waals surface area contributed by atoms with Crippen molar-refractivity contribution >= 4 is 17.6 Å². The van der Waals surface area contributed by atoms with Crippen LogP contribution in [-0.4, -0.2) is 44.7 Å². The van der Waals surface area contributed by atoms with Gasteiger partial charge in [0.2, 0.25) is 5.91 Å². The second-order valence-electron chi connectivity index (χ2n) is 8.18. The molecule has 9 heteroatoms. The minimum absolute atomic E-state index is 0.0115. The van der Waals surface area contributed by atoms with Crippen molar-refractivity contribution in [2.45, 2.75) is 38.3 Å². The van der Waals surface area contributed by atoms with E-state index < -0.39 is 11.4 Å². The van der Waals surface area contributed by atoms with Crippen molar-refractivity contribution in [1.29, 1.82) is 0 Å². The number of likely N-dealkylation sites (tertiary alicyclic amines) is 1. The molecule has 0 bridgehead atoms. The van der Waals surface area contributed by atoms with Gasteiger partial charge in [-0.05, 0) is 31.9 Å². The van der Waals surface area contributed by atoms with Crippen molar-refractivity contribution in [3.63, 3.8) is 0 Å². The van der Waals surface area contributed by atoms with E-state index in [1.165, 1.54) is 12.1 Å². The summed E-state index contributed by atoms with van der Waals surface area (Å²) in [6, 6.07) is 9.65. The number of anilines is 1. The Morgan fingerprint density at radius 1 is 1.23 bits per heavy atom.